The molecule has 0 radical (unpaired) electrons. The zero-order valence-corrected chi connectivity index (χ0v) is 14.6. The molecule has 0 fully saturated rings. The summed E-state index contributed by atoms with van der Waals surface area (Å²) < 4.78 is 10.5. The molecule has 6 heteroatoms. The molecule has 25 heavy (non-hydrogen) atoms. The van der Waals surface area contributed by atoms with Gasteiger partial charge in [-0.1, -0.05) is 36.4 Å². The van der Waals surface area contributed by atoms with Crippen LogP contribution in [0.3, 0.4) is 0 Å². The zero-order valence-electron chi connectivity index (χ0n) is 14.6. The highest BCUT2D eigenvalue weighted by Gasteiger charge is 2.06. The number of nitrogens with two attached hydrogens (primary N) is 1. The third kappa shape index (κ3) is 6.00. The summed E-state index contributed by atoms with van der Waals surface area (Å²) in [6.45, 7) is 0.754. The number of hydrogen-bond acceptors (Lipinski definition) is 4. The first kappa shape index (κ1) is 18.6. The molecule has 0 aliphatic heterocycles. The molecule has 134 valence electrons. The van der Waals surface area contributed by atoms with Gasteiger partial charge in [0.2, 0.25) is 0 Å². The van der Waals surface area contributed by atoms with Crippen LogP contribution in [0.5, 0.6) is 11.5 Å². The Bertz CT molecular complexity index is 690. The Kier molecular flexibility index (Phi) is 7.10. The van der Waals surface area contributed by atoms with E-state index < -0.39 is 6.10 Å². The van der Waals surface area contributed by atoms with Gasteiger partial charge in [-0.3, -0.25) is 0 Å². The second-order valence-electron chi connectivity index (χ2n) is 5.62. The van der Waals surface area contributed by atoms with Gasteiger partial charge < -0.3 is 25.6 Å². The van der Waals surface area contributed by atoms with E-state index >= 15 is 0 Å². The van der Waals surface area contributed by atoms with E-state index in [0.29, 0.717) is 37.0 Å². The average molecular weight is 343 g/mol. The molecule has 0 saturated heterocycles. The number of methoxy groups -OCH3 is 2. The monoisotopic (exact) mass is 343 g/mol. The minimum absolute atomic E-state index is 0.293. The highest BCUT2D eigenvalue weighted by Crippen LogP contribution is 2.27. The third-order valence-corrected chi connectivity index (χ3v) is 3.71. The Hall–Kier alpha value is -2.73. The van der Waals surface area contributed by atoms with Crippen LogP contribution in [0, 0.1) is 0 Å². The lowest BCUT2D eigenvalue weighted by Crippen LogP contribution is -2.38. The van der Waals surface area contributed by atoms with Gasteiger partial charge in [0.15, 0.2) is 17.5 Å². The molecule has 2 rings (SSSR count). The normalized spacial score (nSPS) is 12.5. The van der Waals surface area contributed by atoms with Gasteiger partial charge in [0.05, 0.1) is 26.9 Å². The van der Waals surface area contributed by atoms with Crippen molar-refractivity contribution < 1.29 is 14.6 Å². The molecule has 0 bridgehead atoms. The third-order valence-electron chi connectivity index (χ3n) is 3.71. The first-order valence-corrected chi connectivity index (χ1v) is 8.09. The van der Waals surface area contributed by atoms with Gasteiger partial charge in [0.25, 0.3) is 0 Å². The number of rotatable bonds is 8. The standard InChI is InChI=1S/C19H25N3O3/c1-24-17-9-8-15(11-18(17)25-2)12-21-19(20)22-13-16(23)10-14-6-4-3-5-7-14/h3-9,11,16,23H,10,12-13H2,1-2H3,(H3,20,21,22). The minimum Gasteiger partial charge on any atom is -0.493 e. The van der Waals surface area contributed by atoms with Crippen molar-refractivity contribution in [1.82, 2.24) is 5.32 Å². The van der Waals surface area contributed by atoms with Crippen molar-refractivity contribution in [2.24, 2.45) is 10.7 Å². The number of aliphatic imine (C=N–C) groups is 1. The number of nitrogens with one attached hydrogen (secondary N) is 1. The van der Waals surface area contributed by atoms with E-state index in [1.165, 1.54) is 0 Å². The molecule has 1 atom stereocenters. The molecule has 2 aromatic carbocycles. The van der Waals surface area contributed by atoms with Crippen molar-refractivity contribution in [1.29, 1.82) is 0 Å². The van der Waals surface area contributed by atoms with Crippen LogP contribution in [-0.4, -0.2) is 37.9 Å². The number of hydrogen-bond donors (Lipinski definition) is 3. The maximum absolute atomic E-state index is 10.1. The largest absolute Gasteiger partial charge is 0.493 e. The highest BCUT2D eigenvalue weighted by atomic mass is 16.5. The lowest BCUT2D eigenvalue weighted by Gasteiger charge is -2.12. The second kappa shape index (κ2) is 9.54. The summed E-state index contributed by atoms with van der Waals surface area (Å²) in [5, 5.41) is 13.0. The smallest absolute Gasteiger partial charge is 0.189 e. The molecule has 0 amide bonds. The number of ether oxygens (including phenoxy) is 2. The van der Waals surface area contributed by atoms with Crippen molar-refractivity contribution in [2.45, 2.75) is 19.1 Å². The van der Waals surface area contributed by atoms with Gasteiger partial charge in [-0.25, -0.2) is 4.99 Å². The number of nitrogens with zero attached hydrogens (tertiary/aromatic N) is 1. The van der Waals surface area contributed by atoms with Crippen LogP contribution in [0.1, 0.15) is 11.1 Å². The van der Waals surface area contributed by atoms with E-state index in [2.05, 4.69) is 10.3 Å². The van der Waals surface area contributed by atoms with Crippen molar-refractivity contribution >= 4 is 5.96 Å². The molecule has 1 unspecified atom stereocenters. The average Bonchev–Trinajstić information content (AvgIpc) is 2.65. The quantitative estimate of drug-likeness (QED) is 0.502. The maximum Gasteiger partial charge on any atom is 0.189 e. The van der Waals surface area contributed by atoms with Gasteiger partial charge in [-0.05, 0) is 23.3 Å². The molecule has 6 nitrogen and oxygen atoms in total. The van der Waals surface area contributed by atoms with Crippen LogP contribution in [-0.2, 0) is 13.0 Å². The first-order valence-electron chi connectivity index (χ1n) is 8.09. The van der Waals surface area contributed by atoms with Crippen molar-refractivity contribution in [2.75, 3.05) is 20.8 Å². The number of aliphatic hydroxyl groups is 1. The fourth-order valence-corrected chi connectivity index (χ4v) is 2.39. The Balaban J connectivity index is 1.83. The van der Waals surface area contributed by atoms with E-state index in [-0.39, 0.29) is 0 Å². The first-order chi connectivity index (χ1) is 12.1. The predicted molar refractivity (Wildman–Crippen MR) is 99.0 cm³/mol. The molecule has 0 heterocycles. The van der Waals surface area contributed by atoms with Crippen LogP contribution in [0.25, 0.3) is 0 Å². The molecule has 0 saturated carbocycles. The molecule has 0 aromatic heterocycles. The summed E-state index contributed by atoms with van der Waals surface area (Å²) in [6, 6.07) is 15.4. The van der Waals surface area contributed by atoms with Gasteiger partial charge in [-0.15, -0.1) is 0 Å². The van der Waals surface area contributed by atoms with Crippen molar-refractivity contribution in [3.8, 4) is 11.5 Å². The molecular weight excluding hydrogens is 318 g/mol. The summed E-state index contributed by atoms with van der Waals surface area (Å²) in [5.41, 5.74) is 7.89. The fraction of sp³-hybridized carbons (Fsp3) is 0.316. The number of aliphatic hydroxyl groups excluding tert-OH is 1. The summed E-state index contributed by atoms with van der Waals surface area (Å²) >= 11 is 0. The maximum atomic E-state index is 10.1. The van der Waals surface area contributed by atoms with Crippen LogP contribution < -0.4 is 20.5 Å². The van der Waals surface area contributed by atoms with Crippen molar-refractivity contribution in [3.63, 3.8) is 0 Å². The lowest BCUT2D eigenvalue weighted by atomic mass is 10.1. The van der Waals surface area contributed by atoms with E-state index in [4.69, 9.17) is 15.2 Å². The molecule has 0 spiro atoms. The van der Waals surface area contributed by atoms with Gasteiger partial charge in [-0.2, -0.15) is 0 Å². The van der Waals surface area contributed by atoms with Crippen LogP contribution >= 0.6 is 0 Å². The van der Waals surface area contributed by atoms with Gasteiger partial charge in [0, 0.05) is 13.0 Å². The van der Waals surface area contributed by atoms with E-state index in [1.807, 2.05) is 48.5 Å². The van der Waals surface area contributed by atoms with Crippen LogP contribution in [0.4, 0.5) is 0 Å². The second-order valence-corrected chi connectivity index (χ2v) is 5.62. The molecule has 2 aromatic rings. The minimum atomic E-state index is -0.530. The lowest BCUT2D eigenvalue weighted by molar-refractivity contribution is 0.178. The zero-order chi connectivity index (χ0) is 18.1. The summed E-state index contributed by atoms with van der Waals surface area (Å²) in [4.78, 5) is 4.28. The Morgan fingerprint density at radius 1 is 1.08 bits per heavy atom. The Labute approximate surface area is 148 Å². The topological polar surface area (TPSA) is 89.1 Å². The Morgan fingerprint density at radius 2 is 1.80 bits per heavy atom. The van der Waals surface area contributed by atoms with Crippen molar-refractivity contribution in [3.05, 3.63) is 59.7 Å². The molecular formula is C19H25N3O3. The summed E-state index contributed by atoms with van der Waals surface area (Å²) in [5.74, 6) is 1.62. The van der Waals surface area contributed by atoms with E-state index in [1.54, 1.807) is 14.2 Å². The molecule has 0 aliphatic carbocycles. The summed E-state index contributed by atoms with van der Waals surface area (Å²) in [6.07, 6.45) is 0.0359. The SMILES string of the molecule is COc1ccc(CN=C(N)NCC(O)Cc2ccccc2)cc1OC. The molecule has 4 N–H and O–H groups in total. The predicted octanol–water partition coefficient (Wildman–Crippen LogP) is 1.71. The Morgan fingerprint density at radius 3 is 2.48 bits per heavy atom. The summed E-state index contributed by atoms with van der Waals surface area (Å²) in [7, 11) is 3.19. The highest BCUT2D eigenvalue weighted by molar-refractivity contribution is 5.77. The number of guanidine groups is 1. The van der Waals surface area contributed by atoms with Gasteiger partial charge in [0.1, 0.15) is 0 Å². The number of benzene rings is 2. The molecule has 0 aliphatic rings. The van der Waals surface area contributed by atoms with Gasteiger partial charge >= 0.3 is 0 Å². The van der Waals surface area contributed by atoms with E-state index in [9.17, 15) is 5.11 Å². The fourth-order valence-electron chi connectivity index (χ4n) is 2.39. The van der Waals surface area contributed by atoms with E-state index in [0.717, 1.165) is 11.1 Å². The van der Waals surface area contributed by atoms with Crippen LogP contribution in [0.2, 0.25) is 0 Å². The van der Waals surface area contributed by atoms with Crippen LogP contribution in [0.15, 0.2) is 53.5 Å².